The average molecular weight is 248 g/mol. The van der Waals surface area contributed by atoms with Gasteiger partial charge in [-0.25, -0.2) is 4.79 Å². The van der Waals surface area contributed by atoms with Crippen molar-refractivity contribution in [2.24, 2.45) is 0 Å². The first-order valence-corrected chi connectivity index (χ1v) is 5.66. The number of carboxylic acids is 1. The minimum atomic E-state index is -1.04. The monoisotopic (exact) mass is 248 g/mol. The van der Waals surface area contributed by atoms with Crippen molar-refractivity contribution in [3.05, 3.63) is 47.5 Å². The Bertz CT molecular complexity index is 434. The molecule has 0 aliphatic heterocycles. The van der Waals surface area contributed by atoms with Crippen molar-refractivity contribution in [1.29, 1.82) is 0 Å². The summed E-state index contributed by atoms with van der Waals surface area (Å²) in [5.74, 6) is -1.61. The first kappa shape index (κ1) is 14.0. The summed E-state index contributed by atoms with van der Waals surface area (Å²) in [6.07, 6.45) is 2.71. The molecule has 0 saturated carbocycles. The number of aryl methyl sites for hydroxylation is 1. The van der Waals surface area contributed by atoms with Crippen molar-refractivity contribution in [3.8, 4) is 0 Å². The Morgan fingerprint density at radius 1 is 1.28 bits per heavy atom. The SMILES string of the molecule is COC(=O)/C(=C/CCc1ccccc1)CC(=O)O. The van der Waals surface area contributed by atoms with Crippen LogP contribution in [0.5, 0.6) is 0 Å². The third kappa shape index (κ3) is 4.82. The number of rotatable bonds is 6. The van der Waals surface area contributed by atoms with Crippen molar-refractivity contribution < 1.29 is 19.4 Å². The van der Waals surface area contributed by atoms with Crippen LogP contribution in [-0.4, -0.2) is 24.2 Å². The number of aliphatic carboxylic acids is 1. The molecule has 1 aromatic rings. The van der Waals surface area contributed by atoms with Crippen LogP contribution in [0.3, 0.4) is 0 Å². The van der Waals surface area contributed by atoms with Crippen LogP contribution in [0.25, 0.3) is 0 Å². The number of methoxy groups -OCH3 is 1. The fraction of sp³-hybridized carbons (Fsp3) is 0.286. The highest BCUT2D eigenvalue weighted by Crippen LogP contribution is 2.09. The van der Waals surface area contributed by atoms with E-state index in [9.17, 15) is 9.59 Å². The van der Waals surface area contributed by atoms with Crippen LogP contribution < -0.4 is 0 Å². The van der Waals surface area contributed by atoms with Crippen molar-refractivity contribution in [1.82, 2.24) is 0 Å². The average Bonchev–Trinajstić information content (AvgIpc) is 2.37. The minimum absolute atomic E-state index is 0.195. The third-order valence-electron chi connectivity index (χ3n) is 2.46. The molecule has 4 nitrogen and oxygen atoms in total. The van der Waals surface area contributed by atoms with E-state index in [0.29, 0.717) is 6.42 Å². The molecule has 1 N–H and O–H groups in total. The topological polar surface area (TPSA) is 63.6 Å². The first-order valence-electron chi connectivity index (χ1n) is 5.66. The van der Waals surface area contributed by atoms with Crippen LogP contribution in [0.15, 0.2) is 42.0 Å². The number of carboxylic acid groups (broad SMARTS) is 1. The fourth-order valence-electron chi connectivity index (χ4n) is 1.58. The van der Waals surface area contributed by atoms with Gasteiger partial charge in [0, 0.05) is 5.57 Å². The normalized spacial score (nSPS) is 11.1. The van der Waals surface area contributed by atoms with Crippen molar-refractivity contribution >= 4 is 11.9 Å². The number of ether oxygens (including phenoxy) is 1. The molecule has 0 aromatic heterocycles. The molecule has 0 aliphatic carbocycles. The highest BCUT2D eigenvalue weighted by molar-refractivity contribution is 5.93. The van der Waals surface area contributed by atoms with Crippen LogP contribution >= 0.6 is 0 Å². The van der Waals surface area contributed by atoms with E-state index >= 15 is 0 Å². The van der Waals surface area contributed by atoms with Gasteiger partial charge in [-0.2, -0.15) is 0 Å². The molecule has 18 heavy (non-hydrogen) atoms. The highest BCUT2D eigenvalue weighted by Gasteiger charge is 2.12. The Balaban J connectivity index is 2.60. The van der Waals surface area contributed by atoms with E-state index in [-0.39, 0.29) is 12.0 Å². The van der Waals surface area contributed by atoms with Crippen molar-refractivity contribution in [2.75, 3.05) is 7.11 Å². The number of hydrogen-bond acceptors (Lipinski definition) is 3. The molecule has 1 rings (SSSR count). The van der Waals surface area contributed by atoms with Gasteiger partial charge in [0.05, 0.1) is 13.5 Å². The summed E-state index contributed by atoms with van der Waals surface area (Å²) in [5, 5.41) is 8.70. The van der Waals surface area contributed by atoms with E-state index < -0.39 is 11.9 Å². The smallest absolute Gasteiger partial charge is 0.333 e. The fourth-order valence-corrected chi connectivity index (χ4v) is 1.58. The number of benzene rings is 1. The van der Waals surface area contributed by atoms with Crippen LogP contribution in [-0.2, 0) is 20.7 Å². The van der Waals surface area contributed by atoms with E-state index in [1.165, 1.54) is 7.11 Å². The molecule has 0 fully saturated rings. The summed E-state index contributed by atoms with van der Waals surface area (Å²) < 4.78 is 4.55. The van der Waals surface area contributed by atoms with E-state index in [1.807, 2.05) is 30.3 Å². The molecule has 1 aromatic carbocycles. The molecule has 0 aliphatic rings. The van der Waals surface area contributed by atoms with E-state index in [1.54, 1.807) is 6.08 Å². The van der Waals surface area contributed by atoms with Gasteiger partial charge >= 0.3 is 11.9 Å². The molecular formula is C14H16O4. The molecule has 0 atom stereocenters. The summed E-state index contributed by atoms with van der Waals surface area (Å²) in [6.45, 7) is 0. The van der Waals surface area contributed by atoms with Gasteiger partial charge in [0.2, 0.25) is 0 Å². The Morgan fingerprint density at radius 2 is 1.94 bits per heavy atom. The predicted octanol–water partition coefficient (Wildman–Crippen LogP) is 2.19. The van der Waals surface area contributed by atoms with E-state index in [0.717, 1.165) is 12.0 Å². The molecule has 0 radical (unpaired) electrons. The van der Waals surface area contributed by atoms with Gasteiger partial charge in [0.1, 0.15) is 0 Å². The van der Waals surface area contributed by atoms with Gasteiger partial charge < -0.3 is 9.84 Å². The largest absolute Gasteiger partial charge is 0.481 e. The zero-order valence-corrected chi connectivity index (χ0v) is 10.3. The van der Waals surface area contributed by atoms with Crippen molar-refractivity contribution in [2.45, 2.75) is 19.3 Å². The molecular weight excluding hydrogens is 232 g/mol. The van der Waals surface area contributed by atoms with E-state index in [2.05, 4.69) is 4.74 Å². The lowest BCUT2D eigenvalue weighted by atomic mass is 10.1. The number of carbonyl (C=O) groups is 2. The number of allylic oxidation sites excluding steroid dienone is 1. The van der Waals surface area contributed by atoms with Gasteiger partial charge in [-0.3, -0.25) is 4.79 Å². The molecule has 0 bridgehead atoms. The van der Waals surface area contributed by atoms with Gasteiger partial charge in [0.15, 0.2) is 0 Å². The second kappa shape index (κ2) is 7.27. The van der Waals surface area contributed by atoms with Gasteiger partial charge in [-0.05, 0) is 18.4 Å². The van der Waals surface area contributed by atoms with Crippen molar-refractivity contribution in [3.63, 3.8) is 0 Å². The maximum Gasteiger partial charge on any atom is 0.333 e. The first-order chi connectivity index (χ1) is 8.63. The van der Waals surface area contributed by atoms with Gasteiger partial charge in [-0.15, -0.1) is 0 Å². The zero-order chi connectivity index (χ0) is 13.4. The summed E-state index contributed by atoms with van der Waals surface area (Å²) in [6, 6.07) is 9.80. The molecule has 0 saturated heterocycles. The summed E-state index contributed by atoms with van der Waals surface area (Å²) in [4.78, 5) is 22.0. The molecule has 0 unspecified atom stereocenters. The van der Waals surface area contributed by atoms with Crippen LogP contribution in [0.2, 0.25) is 0 Å². The molecule has 0 heterocycles. The summed E-state index contributed by atoms with van der Waals surface area (Å²) in [7, 11) is 1.25. The maximum atomic E-state index is 11.3. The lowest BCUT2D eigenvalue weighted by molar-refractivity contribution is -0.141. The lowest BCUT2D eigenvalue weighted by Crippen LogP contribution is -2.09. The number of esters is 1. The quantitative estimate of drug-likeness (QED) is 0.619. The standard InChI is InChI=1S/C14H16O4/c1-18-14(17)12(10-13(15)16)9-5-8-11-6-3-2-4-7-11/h2-4,6-7,9H,5,8,10H2,1H3,(H,15,16)/b12-9+. The second-order valence-electron chi connectivity index (χ2n) is 3.82. The Morgan fingerprint density at radius 3 is 2.50 bits per heavy atom. The Kier molecular flexibility index (Phi) is 5.64. The zero-order valence-electron chi connectivity index (χ0n) is 10.3. The van der Waals surface area contributed by atoms with Gasteiger partial charge in [0.25, 0.3) is 0 Å². The predicted molar refractivity (Wildman–Crippen MR) is 67.1 cm³/mol. The Hall–Kier alpha value is -2.10. The maximum absolute atomic E-state index is 11.3. The summed E-state index contributed by atoms with van der Waals surface area (Å²) in [5.41, 5.74) is 1.34. The van der Waals surface area contributed by atoms with Crippen LogP contribution in [0, 0.1) is 0 Å². The minimum Gasteiger partial charge on any atom is -0.481 e. The van der Waals surface area contributed by atoms with Gasteiger partial charge in [-0.1, -0.05) is 36.4 Å². The second-order valence-corrected chi connectivity index (χ2v) is 3.82. The number of carbonyl (C=O) groups excluding carboxylic acids is 1. The summed E-state index contributed by atoms with van der Waals surface area (Å²) >= 11 is 0. The molecule has 96 valence electrons. The Labute approximate surface area is 106 Å². The molecule has 4 heteroatoms. The molecule has 0 spiro atoms. The molecule has 0 amide bonds. The third-order valence-corrected chi connectivity index (χ3v) is 2.46. The number of hydrogen-bond donors (Lipinski definition) is 1. The van der Waals surface area contributed by atoms with Crippen LogP contribution in [0.1, 0.15) is 18.4 Å². The van der Waals surface area contributed by atoms with Crippen LogP contribution in [0.4, 0.5) is 0 Å². The van der Waals surface area contributed by atoms with E-state index in [4.69, 9.17) is 5.11 Å². The lowest BCUT2D eigenvalue weighted by Gasteiger charge is -2.03. The highest BCUT2D eigenvalue weighted by atomic mass is 16.5.